The van der Waals surface area contributed by atoms with E-state index in [1.54, 1.807) is 0 Å². The van der Waals surface area contributed by atoms with E-state index in [0.717, 1.165) is 0 Å². The summed E-state index contributed by atoms with van der Waals surface area (Å²) in [7, 11) is 0. The van der Waals surface area contributed by atoms with Crippen LogP contribution in [0.15, 0.2) is 10.8 Å². The van der Waals surface area contributed by atoms with Gasteiger partial charge in [0.15, 0.2) is 6.29 Å². The number of hydrogen-bond donors (Lipinski definition) is 0. The highest BCUT2D eigenvalue weighted by atomic mass is 79.9. The van der Waals surface area contributed by atoms with Crippen LogP contribution in [0.5, 0.6) is 0 Å². The third-order valence-corrected chi connectivity index (χ3v) is 2.59. The minimum atomic E-state index is -2.75. The number of carbonyl (C=O) groups is 1. The molecule has 14 heavy (non-hydrogen) atoms. The van der Waals surface area contributed by atoms with Gasteiger partial charge in [0.2, 0.25) is 0 Å². The van der Waals surface area contributed by atoms with Gasteiger partial charge in [0.1, 0.15) is 4.60 Å². The molecule has 0 radical (unpaired) electrons. The van der Waals surface area contributed by atoms with Gasteiger partial charge in [0.05, 0.1) is 5.56 Å². The number of rotatable bonds is 3. The number of aldehydes is 1. The highest BCUT2D eigenvalue weighted by molar-refractivity contribution is 9.10. The molecule has 0 aromatic carbocycles. The van der Waals surface area contributed by atoms with Crippen LogP contribution in [0.25, 0.3) is 0 Å². The monoisotopic (exact) mass is 283 g/mol. The van der Waals surface area contributed by atoms with Gasteiger partial charge in [0, 0.05) is 17.6 Å². The minimum absolute atomic E-state index is 0.0198. The Bertz CT molecular complexity index is 359. The van der Waals surface area contributed by atoms with Gasteiger partial charge in [0.25, 0.3) is 6.43 Å². The summed E-state index contributed by atoms with van der Waals surface area (Å²) >= 11 is 8.34. The maximum atomic E-state index is 12.5. The van der Waals surface area contributed by atoms with Crippen LogP contribution in [0.1, 0.15) is 27.9 Å². The van der Waals surface area contributed by atoms with Crippen molar-refractivity contribution in [2.45, 2.75) is 12.3 Å². The Hall–Kier alpha value is -0.550. The van der Waals surface area contributed by atoms with Gasteiger partial charge in [-0.25, -0.2) is 13.8 Å². The molecule has 0 atom stereocenters. The molecular weight excluding hydrogens is 279 g/mol. The molecular formula is C8H5BrClF2NO. The van der Waals surface area contributed by atoms with Gasteiger partial charge in [-0.05, 0) is 21.5 Å². The summed E-state index contributed by atoms with van der Waals surface area (Å²) < 4.78 is 25.0. The van der Waals surface area contributed by atoms with E-state index < -0.39 is 12.0 Å². The molecule has 0 aliphatic carbocycles. The summed E-state index contributed by atoms with van der Waals surface area (Å²) in [5.74, 6) is -0.0198. The number of carbonyl (C=O) groups excluding carboxylic acids is 1. The molecule has 0 aliphatic heterocycles. The molecule has 0 N–H and O–H groups in total. The summed E-state index contributed by atoms with van der Waals surface area (Å²) in [5, 5.41) is 0. The third-order valence-electron chi connectivity index (χ3n) is 1.67. The smallest absolute Gasteiger partial charge is 0.267 e. The molecule has 1 aromatic rings. The van der Waals surface area contributed by atoms with Gasteiger partial charge in [-0.3, -0.25) is 4.79 Å². The second-order valence-electron chi connectivity index (χ2n) is 2.45. The first-order valence-corrected chi connectivity index (χ1v) is 4.91. The molecule has 0 fully saturated rings. The molecule has 2 nitrogen and oxygen atoms in total. The zero-order valence-electron chi connectivity index (χ0n) is 6.81. The zero-order valence-corrected chi connectivity index (χ0v) is 9.15. The number of alkyl halides is 3. The van der Waals surface area contributed by atoms with Crippen molar-refractivity contribution in [2.75, 3.05) is 0 Å². The predicted octanol–water partition coefficient (Wildman–Crippen LogP) is 3.33. The van der Waals surface area contributed by atoms with Crippen molar-refractivity contribution in [1.82, 2.24) is 4.98 Å². The molecule has 6 heteroatoms. The van der Waals surface area contributed by atoms with E-state index >= 15 is 0 Å². The number of aromatic nitrogens is 1. The van der Waals surface area contributed by atoms with E-state index in [1.807, 2.05) is 0 Å². The Labute approximate surface area is 92.4 Å². The summed E-state index contributed by atoms with van der Waals surface area (Å²) in [6, 6.07) is 0. The van der Waals surface area contributed by atoms with E-state index in [0.29, 0.717) is 11.8 Å². The molecule has 0 saturated heterocycles. The van der Waals surface area contributed by atoms with E-state index in [9.17, 15) is 13.6 Å². The lowest BCUT2D eigenvalue weighted by Crippen LogP contribution is -2.01. The molecule has 0 saturated carbocycles. The summed E-state index contributed by atoms with van der Waals surface area (Å²) in [5.41, 5.74) is -0.185. The van der Waals surface area contributed by atoms with Gasteiger partial charge in [-0.2, -0.15) is 0 Å². The normalized spacial score (nSPS) is 10.6. The lowest BCUT2D eigenvalue weighted by molar-refractivity contribution is 0.110. The molecule has 0 spiro atoms. The molecule has 1 heterocycles. The lowest BCUT2D eigenvalue weighted by atomic mass is 10.1. The van der Waals surface area contributed by atoms with Crippen LogP contribution in [0, 0.1) is 0 Å². The largest absolute Gasteiger partial charge is 0.298 e. The van der Waals surface area contributed by atoms with E-state index in [4.69, 9.17) is 11.6 Å². The Morgan fingerprint density at radius 2 is 2.29 bits per heavy atom. The number of pyridine rings is 1. The first kappa shape index (κ1) is 11.5. The van der Waals surface area contributed by atoms with Crippen molar-refractivity contribution >= 4 is 33.8 Å². The fraction of sp³-hybridized carbons (Fsp3) is 0.250. The van der Waals surface area contributed by atoms with Crippen LogP contribution < -0.4 is 0 Å². The van der Waals surface area contributed by atoms with Crippen LogP contribution >= 0.6 is 27.5 Å². The van der Waals surface area contributed by atoms with Gasteiger partial charge in [-0.1, -0.05) is 0 Å². The molecule has 0 unspecified atom stereocenters. The maximum absolute atomic E-state index is 12.5. The van der Waals surface area contributed by atoms with E-state index in [1.165, 1.54) is 6.20 Å². The van der Waals surface area contributed by atoms with Crippen LogP contribution in [-0.4, -0.2) is 11.3 Å². The van der Waals surface area contributed by atoms with Crippen molar-refractivity contribution in [3.8, 4) is 0 Å². The molecule has 76 valence electrons. The highest BCUT2D eigenvalue weighted by Gasteiger charge is 2.20. The van der Waals surface area contributed by atoms with Crippen LogP contribution in [0.4, 0.5) is 8.78 Å². The molecule has 1 rings (SSSR count). The van der Waals surface area contributed by atoms with Gasteiger partial charge >= 0.3 is 0 Å². The number of hydrogen-bond acceptors (Lipinski definition) is 2. The van der Waals surface area contributed by atoms with Crippen molar-refractivity contribution in [3.63, 3.8) is 0 Å². The predicted molar refractivity (Wildman–Crippen MR) is 51.8 cm³/mol. The molecule has 0 amide bonds. The average molecular weight is 284 g/mol. The standard InChI is InChI=1S/C8H5BrClF2NO/c9-7-6(8(11)12)5(3-14)4(1-10)2-13-7/h2-3,8H,1H2. The van der Waals surface area contributed by atoms with Crippen LogP contribution in [0.3, 0.4) is 0 Å². The summed E-state index contributed by atoms with van der Waals surface area (Å²) in [6.07, 6.45) is -1.08. The fourth-order valence-corrected chi connectivity index (χ4v) is 1.71. The summed E-state index contributed by atoms with van der Waals surface area (Å²) in [6.45, 7) is 0. The summed E-state index contributed by atoms with van der Waals surface area (Å²) in [4.78, 5) is 14.3. The molecule has 1 aromatic heterocycles. The van der Waals surface area contributed by atoms with Crippen LogP contribution in [-0.2, 0) is 5.88 Å². The Kier molecular flexibility index (Phi) is 3.95. The third kappa shape index (κ3) is 2.09. The highest BCUT2D eigenvalue weighted by Crippen LogP contribution is 2.30. The minimum Gasteiger partial charge on any atom is -0.298 e. The average Bonchev–Trinajstić information content (AvgIpc) is 2.16. The quantitative estimate of drug-likeness (QED) is 0.484. The SMILES string of the molecule is O=Cc1c(CCl)cnc(Br)c1C(F)F. The zero-order chi connectivity index (χ0) is 10.7. The van der Waals surface area contributed by atoms with Gasteiger partial charge < -0.3 is 0 Å². The lowest BCUT2D eigenvalue weighted by Gasteiger charge is -2.08. The number of halogens is 4. The van der Waals surface area contributed by atoms with Crippen molar-refractivity contribution in [2.24, 2.45) is 0 Å². The second-order valence-corrected chi connectivity index (χ2v) is 3.47. The fourth-order valence-electron chi connectivity index (χ4n) is 1.01. The van der Waals surface area contributed by atoms with E-state index in [2.05, 4.69) is 20.9 Å². The number of nitrogens with zero attached hydrogens (tertiary/aromatic N) is 1. The van der Waals surface area contributed by atoms with E-state index in [-0.39, 0.29) is 16.0 Å². The van der Waals surface area contributed by atoms with Crippen LogP contribution in [0.2, 0.25) is 0 Å². The van der Waals surface area contributed by atoms with Crippen molar-refractivity contribution in [3.05, 3.63) is 27.5 Å². The first-order chi connectivity index (χ1) is 6.61. The Balaban J connectivity index is 3.42. The molecule has 0 aliphatic rings. The first-order valence-electron chi connectivity index (χ1n) is 3.58. The Morgan fingerprint density at radius 3 is 2.71 bits per heavy atom. The molecule has 0 bridgehead atoms. The van der Waals surface area contributed by atoms with Gasteiger partial charge in [-0.15, -0.1) is 11.6 Å². The second kappa shape index (κ2) is 4.79. The maximum Gasteiger partial charge on any atom is 0.267 e. The van der Waals surface area contributed by atoms with Crippen molar-refractivity contribution in [1.29, 1.82) is 0 Å². The van der Waals surface area contributed by atoms with Crippen molar-refractivity contribution < 1.29 is 13.6 Å². The Morgan fingerprint density at radius 1 is 1.64 bits per heavy atom. The topological polar surface area (TPSA) is 30.0 Å².